The van der Waals surface area contributed by atoms with Crippen molar-refractivity contribution < 1.29 is 44.0 Å². The van der Waals surface area contributed by atoms with Crippen LogP contribution >= 0.6 is 7.82 Å². The van der Waals surface area contributed by atoms with Crippen LogP contribution in [0.15, 0.2) is 12.7 Å². The van der Waals surface area contributed by atoms with E-state index in [1.54, 1.807) is 0 Å². The third kappa shape index (κ3) is 3.22. The topological polar surface area (TPSA) is 227 Å². The number of nitrogen functional groups attached to an aromatic ring is 1. The number of aliphatic hydroxyl groups is 4. The Morgan fingerprint density at radius 3 is 2.56 bits per heavy atom. The number of imidazole rings is 1. The van der Waals surface area contributed by atoms with Crippen molar-refractivity contribution in [1.82, 2.24) is 19.5 Å². The van der Waals surface area contributed by atoms with E-state index in [4.69, 9.17) is 20.3 Å². The maximum absolute atomic E-state index is 10.8. The van der Waals surface area contributed by atoms with Gasteiger partial charge in [-0.15, -0.1) is 0 Å². The zero-order chi connectivity index (χ0) is 18.6. The second kappa shape index (κ2) is 5.91. The maximum Gasteiger partial charge on any atom is 0.474 e. The number of nitrogens with two attached hydrogens (primary N) is 1. The number of nitrogens with zero attached hydrogens (tertiary/aromatic N) is 4. The Balaban J connectivity index is 1.94. The van der Waals surface area contributed by atoms with E-state index in [0.717, 1.165) is 17.2 Å². The van der Waals surface area contributed by atoms with Crippen LogP contribution in [0.2, 0.25) is 0 Å². The summed E-state index contributed by atoms with van der Waals surface area (Å²) in [6.07, 6.45) is -4.99. The number of aliphatic hydroxyl groups excluding tert-OH is 2. The number of rotatable bonds is 4. The highest BCUT2D eigenvalue weighted by Gasteiger charge is 2.56. The fourth-order valence-corrected chi connectivity index (χ4v) is 2.94. The zero-order valence-corrected chi connectivity index (χ0v) is 13.1. The summed E-state index contributed by atoms with van der Waals surface area (Å²) in [5.74, 6) is -3.55. The van der Waals surface area contributed by atoms with E-state index in [1.807, 2.05) is 0 Å². The van der Waals surface area contributed by atoms with E-state index in [0.29, 0.717) is 0 Å². The second-order valence-electron chi connectivity index (χ2n) is 5.25. The Labute approximate surface area is 138 Å². The lowest BCUT2D eigenvalue weighted by molar-refractivity contribution is -0.356. The van der Waals surface area contributed by atoms with Crippen molar-refractivity contribution in [2.75, 3.05) is 5.73 Å². The molecule has 1 saturated heterocycles. The van der Waals surface area contributed by atoms with Gasteiger partial charge < -0.3 is 40.7 Å². The zero-order valence-electron chi connectivity index (χ0n) is 12.2. The minimum absolute atomic E-state index is 0.0387. The number of phosphoric ester groups is 1. The van der Waals surface area contributed by atoms with Crippen LogP contribution in [0.5, 0.6) is 0 Å². The molecule has 0 amide bonds. The molecular formula is C10H14N5O9P. The molecule has 0 bridgehead atoms. The maximum atomic E-state index is 10.8. The highest BCUT2D eigenvalue weighted by molar-refractivity contribution is 7.46. The first kappa shape index (κ1) is 18.1. The summed E-state index contributed by atoms with van der Waals surface area (Å²) >= 11 is 0. The van der Waals surface area contributed by atoms with Crippen LogP contribution in [0, 0.1) is 0 Å². The normalized spacial score (nSPS) is 27.9. The highest BCUT2D eigenvalue weighted by atomic mass is 31.2. The van der Waals surface area contributed by atoms with Crippen molar-refractivity contribution >= 4 is 24.8 Å². The average molecular weight is 379 g/mol. The van der Waals surface area contributed by atoms with Gasteiger partial charge in [0.25, 0.3) is 0 Å². The molecule has 0 unspecified atom stereocenters. The van der Waals surface area contributed by atoms with Gasteiger partial charge in [0.05, 0.1) is 6.33 Å². The number of aromatic nitrogens is 4. The van der Waals surface area contributed by atoms with Crippen molar-refractivity contribution in [2.45, 2.75) is 30.5 Å². The summed E-state index contributed by atoms with van der Waals surface area (Å²) in [5, 5.41) is 39.5. The van der Waals surface area contributed by atoms with Crippen LogP contribution in [-0.2, 0) is 13.8 Å². The number of phosphoric acid groups is 1. The Bertz CT molecular complexity index is 837. The summed E-state index contributed by atoms with van der Waals surface area (Å²) in [5.41, 5.74) is 5.91. The molecule has 2 aromatic heterocycles. The van der Waals surface area contributed by atoms with E-state index >= 15 is 0 Å². The van der Waals surface area contributed by atoms with Crippen LogP contribution in [0.3, 0.4) is 0 Å². The lowest BCUT2D eigenvalue weighted by Crippen LogP contribution is -2.50. The summed E-state index contributed by atoms with van der Waals surface area (Å²) in [6, 6.07) is 0. The van der Waals surface area contributed by atoms with Gasteiger partial charge in [0.2, 0.25) is 0 Å². The highest BCUT2D eigenvalue weighted by Crippen LogP contribution is 2.44. The lowest BCUT2D eigenvalue weighted by Gasteiger charge is -2.28. The minimum Gasteiger partial charge on any atom is -0.387 e. The average Bonchev–Trinajstić information content (AvgIpc) is 3.01. The fraction of sp³-hybridized carbons (Fsp3) is 0.500. The van der Waals surface area contributed by atoms with Crippen LogP contribution in [0.4, 0.5) is 5.82 Å². The number of hydrogen-bond acceptors (Lipinski definition) is 11. The fourth-order valence-electron chi connectivity index (χ4n) is 2.48. The molecule has 3 rings (SSSR count). The third-order valence-electron chi connectivity index (χ3n) is 3.52. The Morgan fingerprint density at radius 1 is 1.24 bits per heavy atom. The Kier molecular flexibility index (Phi) is 4.27. The van der Waals surface area contributed by atoms with Crippen molar-refractivity contribution in [3.63, 3.8) is 0 Å². The van der Waals surface area contributed by atoms with Gasteiger partial charge in [-0.1, -0.05) is 0 Å². The summed E-state index contributed by atoms with van der Waals surface area (Å²) < 4.78 is 20.9. The molecule has 1 aliphatic rings. The quantitative estimate of drug-likeness (QED) is 0.205. The molecule has 1 fully saturated rings. The van der Waals surface area contributed by atoms with Crippen molar-refractivity contribution in [2.24, 2.45) is 0 Å². The van der Waals surface area contributed by atoms with E-state index < -0.39 is 38.3 Å². The Morgan fingerprint density at radius 2 is 1.92 bits per heavy atom. The van der Waals surface area contributed by atoms with Gasteiger partial charge in [0.1, 0.15) is 24.1 Å². The first-order valence-corrected chi connectivity index (χ1v) is 8.20. The van der Waals surface area contributed by atoms with E-state index in [9.17, 15) is 25.0 Å². The molecule has 15 heteroatoms. The van der Waals surface area contributed by atoms with Crippen LogP contribution < -0.4 is 5.73 Å². The predicted molar refractivity (Wildman–Crippen MR) is 76.0 cm³/mol. The molecule has 0 aromatic carbocycles. The molecule has 138 valence electrons. The Hall–Kier alpha value is -1.74. The van der Waals surface area contributed by atoms with E-state index in [-0.39, 0.29) is 17.0 Å². The molecule has 0 spiro atoms. The van der Waals surface area contributed by atoms with Gasteiger partial charge in [0, 0.05) is 0 Å². The number of ether oxygens (including phenoxy) is 1. The van der Waals surface area contributed by atoms with E-state index in [1.165, 1.54) is 0 Å². The van der Waals surface area contributed by atoms with Crippen LogP contribution in [0.25, 0.3) is 11.2 Å². The number of anilines is 1. The molecule has 2 aromatic rings. The van der Waals surface area contributed by atoms with Gasteiger partial charge in [-0.3, -0.25) is 4.57 Å². The summed E-state index contributed by atoms with van der Waals surface area (Å²) in [7, 11) is -5.34. The molecule has 0 aliphatic carbocycles. The minimum atomic E-state index is -5.34. The number of hydrogen-bond donors (Lipinski definition) is 7. The summed E-state index contributed by atoms with van der Waals surface area (Å²) in [4.78, 5) is 29.0. The standard InChI is InChI=1S/C10H14N5O9P/c11-7-3-8(13-1-12-7)15(2-14-3)9-5(17)4(16)6(23-9)10(18,19)24-25(20,21)22/h1-2,4-6,9,16-19H,(H2,11,12,13)(H2,20,21,22)/t4-,5+,6-,9+/m0/s1. The van der Waals surface area contributed by atoms with Gasteiger partial charge in [-0.2, -0.15) is 0 Å². The van der Waals surface area contributed by atoms with E-state index in [2.05, 4.69) is 19.5 Å². The van der Waals surface area contributed by atoms with Crippen molar-refractivity contribution in [1.29, 1.82) is 0 Å². The van der Waals surface area contributed by atoms with Gasteiger partial charge in [0.15, 0.2) is 23.8 Å². The molecule has 0 radical (unpaired) electrons. The molecule has 4 atom stereocenters. The second-order valence-corrected chi connectivity index (χ2v) is 6.42. The van der Waals surface area contributed by atoms with Gasteiger partial charge in [-0.25, -0.2) is 24.0 Å². The van der Waals surface area contributed by atoms with Gasteiger partial charge >= 0.3 is 13.8 Å². The van der Waals surface area contributed by atoms with Crippen molar-refractivity contribution in [3.8, 4) is 0 Å². The monoisotopic (exact) mass is 379 g/mol. The molecule has 25 heavy (non-hydrogen) atoms. The first-order chi connectivity index (χ1) is 11.5. The molecule has 1 aliphatic heterocycles. The first-order valence-electron chi connectivity index (χ1n) is 6.67. The van der Waals surface area contributed by atoms with Crippen LogP contribution in [0.1, 0.15) is 6.23 Å². The third-order valence-corrected chi connectivity index (χ3v) is 4.03. The van der Waals surface area contributed by atoms with Gasteiger partial charge in [-0.05, 0) is 0 Å². The molecule has 14 nitrogen and oxygen atoms in total. The van der Waals surface area contributed by atoms with Crippen LogP contribution in [-0.4, -0.2) is 74.0 Å². The predicted octanol–water partition coefficient (Wildman–Crippen LogP) is -3.22. The van der Waals surface area contributed by atoms with Crippen molar-refractivity contribution in [3.05, 3.63) is 12.7 Å². The molecular weight excluding hydrogens is 365 g/mol. The smallest absolute Gasteiger partial charge is 0.387 e. The SMILES string of the molecule is Nc1ncnc2c1ncn2[C@@H]1O[C@H](C(O)(O)OP(=O)(O)O)[C@@H](O)[C@H]1O. The summed E-state index contributed by atoms with van der Waals surface area (Å²) in [6.45, 7) is 0. The largest absolute Gasteiger partial charge is 0.474 e. The molecule has 0 saturated carbocycles. The number of fused-ring (bicyclic) bond motifs is 1. The molecule has 8 N–H and O–H groups in total. The lowest BCUT2D eigenvalue weighted by atomic mass is 10.1. The molecule has 3 heterocycles.